The highest BCUT2D eigenvalue weighted by Crippen LogP contribution is 2.43. The van der Waals surface area contributed by atoms with E-state index in [0.717, 1.165) is 43.6 Å². The number of hydrogen-bond acceptors (Lipinski definition) is 6. The first-order valence-electron chi connectivity index (χ1n) is 15.8. The molecule has 0 unspecified atom stereocenters. The highest BCUT2D eigenvalue weighted by molar-refractivity contribution is 7.26. The van der Waals surface area contributed by atoms with Crippen molar-refractivity contribution in [3.63, 3.8) is 0 Å². The van der Waals surface area contributed by atoms with Crippen molar-refractivity contribution in [3.05, 3.63) is 146 Å². The molecule has 224 valence electrons. The van der Waals surface area contributed by atoms with E-state index in [1.165, 1.54) is 35.6 Å². The molecule has 0 aliphatic carbocycles. The molecular weight excluding hydrogens is 625 g/mol. The average Bonchev–Trinajstić information content (AvgIpc) is 3.74. The lowest BCUT2D eigenvalue weighted by atomic mass is 10.00. The highest BCUT2D eigenvalue weighted by atomic mass is 32.1. The Morgan fingerprint density at radius 2 is 1.08 bits per heavy atom. The number of benzene rings is 7. The number of nitrogens with zero attached hydrogens (tertiary/aromatic N) is 4. The van der Waals surface area contributed by atoms with Gasteiger partial charge in [0.1, 0.15) is 5.01 Å². The largest absolute Gasteiger partial charge is 0.236 e. The number of rotatable bonds is 4. The van der Waals surface area contributed by atoms with Crippen molar-refractivity contribution >= 4 is 74.6 Å². The van der Waals surface area contributed by atoms with E-state index in [4.69, 9.17) is 19.9 Å². The topological polar surface area (TPSA) is 51.6 Å². The number of aromatic nitrogens is 4. The molecule has 0 amide bonds. The molecule has 0 N–H and O–H groups in total. The van der Waals surface area contributed by atoms with Crippen LogP contribution in [0.25, 0.3) is 96.7 Å². The molecule has 3 aromatic heterocycles. The summed E-state index contributed by atoms with van der Waals surface area (Å²) in [6.45, 7) is 0. The zero-order chi connectivity index (χ0) is 31.6. The summed E-state index contributed by atoms with van der Waals surface area (Å²) in [7, 11) is 0. The van der Waals surface area contributed by atoms with Crippen LogP contribution in [0, 0.1) is 0 Å². The minimum atomic E-state index is 0.655. The zero-order valence-corrected chi connectivity index (χ0v) is 27.1. The van der Waals surface area contributed by atoms with Gasteiger partial charge in [0.25, 0.3) is 0 Å². The molecule has 10 rings (SSSR count). The Morgan fingerprint density at radius 1 is 0.375 bits per heavy atom. The standard InChI is InChI=1S/C42H24N4S2/c1-3-11-26(12-4-1)39-44-40(29-20-21-31-28(22-29)19-18-25-10-7-8-15-30(25)31)46-41(45-39)32-16-9-17-35-38(32)33-23-37-34(24-36(33)47-35)43-42(48-37)27-13-5-2-6-14-27/h1-24H. The molecule has 10 aromatic rings. The summed E-state index contributed by atoms with van der Waals surface area (Å²) in [5.74, 6) is 1.98. The Kier molecular flexibility index (Phi) is 6.19. The SMILES string of the molecule is c1ccc(-c2nc(-c3ccc4c(ccc5ccccc54)c3)nc(-c3cccc4sc5cc6nc(-c7ccccc7)sc6cc5c34)n2)cc1. The molecule has 3 heterocycles. The van der Waals surface area contributed by atoms with E-state index in [1.807, 2.05) is 24.3 Å². The summed E-state index contributed by atoms with van der Waals surface area (Å²) in [6, 6.07) is 50.9. The number of thiazole rings is 1. The molecule has 0 saturated carbocycles. The van der Waals surface area contributed by atoms with Gasteiger partial charge in [-0.3, -0.25) is 0 Å². The Morgan fingerprint density at radius 3 is 1.94 bits per heavy atom. The Hall–Kier alpha value is -5.82. The Balaban J connectivity index is 1.18. The molecule has 0 fully saturated rings. The first-order chi connectivity index (χ1) is 23.7. The molecule has 0 atom stereocenters. The van der Waals surface area contributed by atoms with Crippen LogP contribution in [-0.2, 0) is 0 Å². The molecule has 7 aromatic carbocycles. The number of thiophene rings is 1. The maximum Gasteiger partial charge on any atom is 0.164 e. The molecule has 0 aliphatic rings. The van der Waals surface area contributed by atoms with Gasteiger partial charge in [-0.05, 0) is 45.8 Å². The van der Waals surface area contributed by atoms with Gasteiger partial charge >= 0.3 is 0 Å². The molecule has 48 heavy (non-hydrogen) atoms. The molecule has 0 radical (unpaired) electrons. The van der Waals surface area contributed by atoms with Gasteiger partial charge in [-0.15, -0.1) is 22.7 Å². The fourth-order valence-corrected chi connectivity index (χ4v) is 8.77. The normalized spacial score (nSPS) is 11.8. The van der Waals surface area contributed by atoms with Crippen LogP contribution in [0.5, 0.6) is 0 Å². The number of hydrogen-bond donors (Lipinski definition) is 0. The molecule has 0 bridgehead atoms. The van der Waals surface area contributed by atoms with Crippen LogP contribution in [0.3, 0.4) is 0 Å². The van der Waals surface area contributed by atoms with E-state index < -0.39 is 0 Å². The minimum Gasteiger partial charge on any atom is -0.236 e. The van der Waals surface area contributed by atoms with Crippen LogP contribution >= 0.6 is 22.7 Å². The van der Waals surface area contributed by atoms with Gasteiger partial charge in [0.15, 0.2) is 17.5 Å². The maximum absolute atomic E-state index is 5.18. The predicted molar refractivity (Wildman–Crippen MR) is 203 cm³/mol. The average molecular weight is 649 g/mol. The monoisotopic (exact) mass is 648 g/mol. The van der Waals surface area contributed by atoms with Crippen molar-refractivity contribution in [2.45, 2.75) is 0 Å². The molecule has 6 heteroatoms. The van der Waals surface area contributed by atoms with Gasteiger partial charge in [0.2, 0.25) is 0 Å². The third-order valence-corrected chi connectivity index (χ3v) is 11.1. The zero-order valence-electron chi connectivity index (χ0n) is 25.5. The van der Waals surface area contributed by atoms with Crippen molar-refractivity contribution in [1.82, 2.24) is 19.9 Å². The van der Waals surface area contributed by atoms with Gasteiger partial charge in [-0.1, -0.05) is 121 Å². The third kappa shape index (κ3) is 4.49. The smallest absolute Gasteiger partial charge is 0.164 e. The van der Waals surface area contributed by atoms with Crippen LogP contribution in [-0.4, -0.2) is 19.9 Å². The fourth-order valence-electron chi connectivity index (χ4n) is 6.63. The summed E-state index contributed by atoms with van der Waals surface area (Å²) >= 11 is 3.52. The second kappa shape index (κ2) is 10.9. The van der Waals surface area contributed by atoms with Crippen LogP contribution < -0.4 is 0 Å². The lowest BCUT2D eigenvalue weighted by Crippen LogP contribution is -2.00. The molecular formula is C42H24N4S2. The fraction of sp³-hybridized carbons (Fsp3) is 0. The van der Waals surface area contributed by atoms with Gasteiger partial charge in [-0.2, -0.15) is 0 Å². The number of fused-ring (bicyclic) bond motifs is 7. The van der Waals surface area contributed by atoms with Crippen molar-refractivity contribution in [2.24, 2.45) is 0 Å². The lowest BCUT2D eigenvalue weighted by molar-refractivity contribution is 1.08. The maximum atomic E-state index is 5.18. The second-order valence-electron chi connectivity index (χ2n) is 11.9. The highest BCUT2D eigenvalue weighted by Gasteiger charge is 2.18. The van der Waals surface area contributed by atoms with Gasteiger partial charge in [0.05, 0.1) is 10.2 Å². The summed E-state index contributed by atoms with van der Waals surface area (Å²) in [5, 5.41) is 8.24. The van der Waals surface area contributed by atoms with E-state index in [2.05, 4.69) is 121 Å². The van der Waals surface area contributed by atoms with Gasteiger partial charge in [-0.25, -0.2) is 19.9 Å². The summed E-state index contributed by atoms with van der Waals surface area (Å²) in [6.07, 6.45) is 0. The van der Waals surface area contributed by atoms with Crippen molar-refractivity contribution in [1.29, 1.82) is 0 Å². The summed E-state index contributed by atoms with van der Waals surface area (Å²) < 4.78 is 3.57. The Bertz CT molecular complexity index is 2840. The van der Waals surface area contributed by atoms with Gasteiger partial charge < -0.3 is 0 Å². The molecule has 0 saturated heterocycles. The van der Waals surface area contributed by atoms with Crippen LogP contribution in [0.15, 0.2) is 146 Å². The minimum absolute atomic E-state index is 0.655. The quantitative estimate of drug-likeness (QED) is 0.178. The van der Waals surface area contributed by atoms with E-state index in [0.29, 0.717) is 17.5 Å². The second-order valence-corrected chi connectivity index (χ2v) is 14.0. The lowest BCUT2D eigenvalue weighted by Gasteiger charge is -2.11. The van der Waals surface area contributed by atoms with Gasteiger partial charge in [0, 0.05) is 42.4 Å². The predicted octanol–water partition coefficient (Wildman–Crippen LogP) is 11.8. The first kappa shape index (κ1) is 27.3. The van der Waals surface area contributed by atoms with E-state index in [-0.39, 0.29) is 0 Å². The Labute approximate surface area is 283 Å². The van der Waals surface area contributed by atoms with Crippen LogP contribution in [0.1, 0.15) is 0 Å². The van der Waals surface area contributed by atoms with E-state index >= 15 is 0 Å². The van der Waals surface area contributed by atoms with Crippen molar-refractivity contribution in [3.8, 4) is 44.7 Å². The van der Waals surface area contributed by atoms with Crippen LogP contribution in [0.4, 0.5) is 0 Å². The van der Waals surface area contributed by atoms with E-state index in [1.54, 1.807) is 22.7 Å². The summed E-state index contributed by atoms with van der Waals surface area (Å²) in [4.78, 5) is 20.4. The first-order valence-corrected chi connectivity index (χ1v) is 17.4. The summed E-state index contributed by atoms with van der Waals surface area (Å²) in [5.41, 5.74) is 5.08. The molecule has 0 spiro atoms. The van der Waals surface area contributed by atoms with Crippen molar-refractivity contribution < 1.29 is 0 Å². The molecule has 4 nitrogen and oxygen atoms in total. The van der Waals surface area contributed by atoms with Crippen LogP contribution in [0.2, 0.25) is 0 Å². The van der Waals surface area contributed by atoms with Crippen molar-refractivity contribution in [2.75, 3.05) is 0 Å². The molecule has 0 aliphatic heterocycles. The third-order valence-electron chi connectivity index (χ3n) is 8.94. The van der Waals surface area contributed by atoms with E-state index in [9.17, 15) is 0 Å².